The summed E-state index contributed by atoms with van der Waals surface area (Å²) in [5, 5.41) is 9.85. The molecule has 1 aromatic heterocycles. The molecule has 0 aliphatic carbocycles. The lowest BCUT2D eigenvalue weighted by Crippen LogP contribution is -2.10. The van der Waals surface area contributed by atoms with Gasteiger partial charge in [-0.1, -0.05) is 13.8 Å². The third kappa shape index (κ3) is 2.56. The summed E-state index contributed by atoms with van der Waals surface area (Å²) in [6.07, 6.45) is 0.780. The second-order valence-corrected chi connectivity index (χ2v) is 3.50. The third-order valence-electron chi connectivity index (χ3n) is 2.06. The Labute approximate surface area is 89.1 Å². The van der Waals surface area contributed by atoms with Gasteiger partial charge >= 0.3 is 0 Å². The molecule has 15 heavy (non-hydrogen) atoms. The van der Waals surface area contributed by atoms with E-state index in [0.29, 0.717) is 17.5 Å². The van der Waals surface area contributed by atoms with Crippen molar-refractivity contribution in [2.45, 2.75) is 20.0 Å². The van der Waals surface area contributed by atoms with Gasteiger partial charge in [-0.25, -0.2) is 4.98 Å². The van der Waals surface area contributed by atoms with E-state index in [2.05, 4.69) is 9.97 Å². The number of ether oxygens (including phenoxy) is 2. The molecule has 1 unspecified atom stereocenters. The van der Waals surface area contributed by atoms with Gasteiger partial charge in [0, 0.05) is 0 Å². The molecule has 1 heterocycles. The molecule has 0 amide bonds. The minimum absolute atomic E-state index is 0.0570. The van der Waals surface area contributed by atoms with E-state index in [1.165, 1.54) is 20.4 Å². The summed E-state index contributed by atoms with van der Waals surface area (Å²) < 4.78 is 9.96. The Morgan fingerprint density at radius 2 is 1.93 bits per heavy atom. The van der Waals surface area contributed by atoms with E-state index in [1.54, 1.807) is 0 Å². The average molecular weight is 212 g/mol. The topological polar surface area (TPSA) is 64.5 Å². The summed E-state index contributed by atoms with van der Waals surface area (Å²) in [7, 11) is 2.99. The first-order chi connectivity index (χ1) is 7.10. The van der Waals surface area contributed by atoms with Gasteiger partial charge in [0.25, 0.3) is 0 Å². The number of methoxy groups -OCH3 is 2. The fourth-order valence-electron chi connectivity index (χ4n) is 1.13. The molecule has 0 aliphatic heterocycles. The molecule has 5 nitrogen and oxygen atoms in total. The lowest BCUT2D eigenvalue weighted by Gasteiger charge is -2.16. The number of nitrogens with zero attached hydrogens (tertiary/aromatic N) is 2. The molecule has 0 spiro atoms. The van der Waals surface area contributed by atoms with E-state index in [4.69, 9.17) is 9.47 Å². The van der Waals surface area contributed by atoms with Crippen LogP contribution in [-0.2, 0) is 0 Å². The maximum Gasteiger partial charge on any atom is 0.241 e. The van der Waals surface area contributed by atoms with Crippen LogP contribution in [0.4, 0.5) is 0 Å². The van der Waals surface area contributed by atoms with E-state index in [0.717, 1.165) is 0 Å². The lowest BCUT2D eigenvalue weighted by molar-refractivity contribution is 0.117. The van der Waals surface area contributed by atoms with Crippen LogP contribution in [0.25, 0.3) is 0 Å². The van der Waals surface area contributed by atoms with Crippen molar-refractivity contribution < 1.29 is 14.6 Å². The summed E-state index contributed by atoms with van der Waals surface area (Å²) in [6, 6.07) is 0. The van der Waals surface area contributed by atoms with E-state index < -0.39 is 6.10 Å². The van der Waals surface area contributed by atoms with Crippen LogP contribution in [0, 0.1) is 5.92 Å². The van der Waals surface area contributed by atoms with Crippen molar-refractivity contribution in [2.75, 3.05) is 14.2 Å². The third-order valence-corrected chi connectivity index (χ3v) is 2.06. The molecule has 1 atom stereocenters. The van der Waals surface area contributed by atoms with Crippen LogP contribution in [0.3, 0.4) is 0 Å². The highest BCUT2D eigenvalue weighted by Crippen LogP contribution is 2.27. The predicted molar refractivity (Wildman–Crippen MR) is 54.9 cm³/mol. The zero-order valence-electron chi connectivity index (χ0n) is 9.39. The molecule has 5 heteroatoms. The fourth-order valence-corrected chi connectivity index (χ4v) is 1.13. The summed E-state index contributed by atoms with van der Waals surface area (Å²) in [4.78, 5) is 8.13. The number of rotatable bonds is 4. The Bertz CT molecular complexity index is 328. The minimum atomic E-state index is -0.682. The van der Waals surface area contributed by atoms with Gasteiger partial charge < -0.3 is 14.6 Å². The molecule has 0 radical (unpaired) electrons. The van der Waals surface area contributed by atoms with Crippen molar-refractivity contribution in [2.24, 2.45) is 5.92 Å². The first-order valence-electron chi connectivity index (χ1n) is 4.73. The second kappa shape index (κ2) is 4.93. The Morgan fingerprint density at radius 1 is 1.27 bits per heavy atom. The van der Waals surface area contributed by atoms with Crippen LogP contribution in [0.5, 0.6) is 11.8 Å². The Kier molecular flexibility index (Phi) is 3.85. The van der Waals surface area contributed by atoms with Gasteiger partial charge in [0.15, 0.2) is 0 Å². The van der Waals surface area contributed by atoms with Crippen LogP contribution < -0.4 is 9.47 Å². The van der Waals surface area contributed by atoms with Crippen molar-refractivity contribution in [1.82, 2.24) is 9.97 Å². The molecule has 1 rings (SSSR count). The summed E-state index contributed by atoms with van der Waals surface area (Å²) >= 11 is 0. The molecular weight excluding hydrogens is 196 g/mol. The quantitative estimate of drug-likeness (QED) is 0.812. The normalized spacial score (nSPS) is 12.7. The highest BCUT2D eigenvalue weighted by molar-refractivity contribution is 5.24. The standard InChI is InChI=1S/C10H16N2O3/c1-6(2)9(13)8-10(15-4)12-7(14-3)5-11-8/h5-6,9,13H,1-4H3. The smallest absolute Gasteiger partial charge is 0.241 e. The van der Waals surface area contributed by atoms with E-state index >= 15 is 0 Å². The second-order valence-electron chi connectivity index (χ2n) is 3.50. The van der Waals surface area contributed by atoms with Crippen LogP contribution in [-0.4, -0.2) is 29.3 Å². The van der Waals surface area contributed by atoms with Gasteiger partial charge in [0.1, 0.15) is 11.8 Å². The molecule has 0 saturated carbocycles. The van der Waals surface area contributed by atoms with Crippen molar-refractivity contribution in [1.29, 1.82) is 0 Å². The van der Waals surface area contributed by atoms with E-state index in [9.17, 15) is 5.11 Å². The van der Waals surface area contributed by atoms with Gasteiger partial charge in [0.05, 0.1) is 20.4 Å². The maximum absolute atomic E-state index is 9.85. The molecule has 1 N–H and O–H groups in total. The maximum atomic E-state index is 9.85. The molecule has 84 valence electrons. The largest absolute Gasteiger partial charge is 0.480 e. The number of aromatic nitrogens is 2. The van der Waals surface area contributed by atoms with Crippen LogP contribution in [0.1, 0.15) is 25.6 Å². The monoisotopic (exact) mass is 212 g/mol. The van der Waals surface area contributed by atoms with Crippen LogP contribution in [0.2, 0.25) is 0 Å². The lowest BCUT2D eigenvalue weighted by atomic mass is 10.0. The Hall–Kier alpha value is -1.36. The summed E-state index contributed by atoms with van der Waals surface area (Å²) in [6.45, 7) is 3.80. The van der Waals surface area contributed by atoms with Gasteiger partial charge in [0.2, 0.25) is 11.8 Å². The average Bonchev–Trinajstić information content (AvgIpc) is 2.27. The number of aliphatic hydroxyl groups excluding tert-OH is 1. The van der Waals surface area contributed by atoms with Gasteiger partial charge in [-0.05, 0) is 5.92 Å². The molecule has 0 bridgehead atoms. The van der Waals surface area contributed by atoms with Crippen molar-refractivity contribution in [3.63, 3.8) is 0 Å². The molecule has 0 aromatic carbocycles. The highest BCUT2D eigenvalue weighted by atomic mass is 16.5. The summed E-state index contributed by atoms with van der Waals surface area (Å²) in [5.74, 6) is 0.726. The first kappa shape index (κ1) is 11.7. The first-order valence-corrected chi connectivity index (χ1v) is 4.73. The molecule has 0 aliphatic rings. The van der Waals surface area contributed by atoms with Crippen LogP contribution in [0.15, 0.2) is 6.20 Å². The van der Waals surface area contributed by atoms with Gasteiger partial charge in [-0.3, -0.25) is 0 Å². The number of hydrogen-bond acceptors (Lipinski definition) is 5. The van der Waals surface area contributed by atoms with E-state index in [1.807, 2.05) is 13.8 Å². The number of aliphatic hydroxyl groups is 1. The fraction of sp³-hybridized carbons (Fsp3) is 0.600. The molecule has 0 fully saturated rings. The molecular formula is C10H16N2O3. The zero-order chi connectivity index (χ0) is 11.4. The SMILES string of the molecule is COc1cnc(C(O)C(C)C)c(OC)n1. The Morgan fingerprint density at radius 3 is 2.40 bits per heavy atom. The van der Waals surface area contributed by atoms with E-state index in [-0.39, 0.29) is 5.92 Å². The van der Waals surface area contributed by atoms with Crippen molar-refractivity contribution in [3.05, 3.63) is 11.9 Å². The highest BCUT2D eigenvalue weighted by Gasteiger charge is 2.20. The van der Waals surface area contributed by atoms with Crippen molar-refractivity contribution >= 4 is 0 Å². The predicted octanol–water partition coefficient (Wildman–Crippen LogP) is 1.18. The van der Waals surface area contributed by atoms with Gasteiger partial charge in [-0.2, -0.15) is 4.98 Å². The molecule has 0 saturated heterocycles. The Balaban J connectivity index is 3.07. The number of hydrogen-bond donors (Lipinski definition) is 1. The van der Waals surface area contributed by atoms with Crippen LogP contribution >= 0.6 is 0 Å². The minimum Gasteiger partial charge on any atom is -0.480 e. The summed E-state index contributed by atoms with van der Waals surface area (Å²) in [5.41, 5.74) is 0.438. The van der Waals surface area contributed by atoms with Gasteiger partial charge in [-0.15, -0.1) is 0 Å². The molecule has 1 aromatic rings. The van der Waals surface area contributed by atoms with Crippen molar-refractivity contribution in [3.8, 4) is 11.8 Å². The zero-order valence-corrected chi connectivity index (χ0v) is 9.39.